The van der Waals surface area contributed by atoms with Gasteiger partial charge in [-0.15, -0.1) is 11.6 Å². The van der Waals surface area contributed by atoms with Crippen molar-refractivity contribution in [1.82, 2.24) is 0 Å². The number of alkyl halides is 2. The van der Waals surface area contributed by atoms with Crippen molar-refractivity contribution in [3.8, 4) is 0 Å². The van der Waals surface area contributed by atoms with Gasteiger partial charge in [-0.1, -0.05) is 29.8 Å². The average Bonchev–Trinajstić information content (AvgIpc) is 2.19. The fourth-order valence-corrected chi connectivity index (χ4v) is 1.82. The summed E-state index contributed by atoms with van der Waals surface area (Å²) in [6, 6.07) is 8.72. The number of carboxylic acid groups (broad SMARTS) is 1. The monoisotopic (exact) mass is 247 g/mol. The summed E-state index contributed by atoms with van der Waals surface area (Å²) in [5.41, 5.74) is -0.0856. The van der Waals surface area contributed by atoms with E-state index in [9.17, 15) is 4.79 Å². The second-order valence-electron chi connectivity index (χ2n) is 2.90. The zero-order chi connectivity index (χ0) is 11.3. The predicted octanol–water partition coefficient (Wildman–Crippen LogP) is 3.36. The van der Waals surface area contributed by atoms with Gasteiger partial charge in [0.1, 0.15) is 5.50 Å². The Bertz CT molecular complexity index is 318. The number of hydrogen-bond donors (Lipinski definition) is 1. The molecule has 3 nitrogen and oxygen atoms in total. The lowest BCUT2D eigenvalue weighted by atomic mass is 10.3. The zero-order valence-electron chi connectivity index (χ0n) is 7.94. The van der Waals surface area contributed by atoms with Gasteiger partial charge in [-0.3, -0.25) is 4.90 Å². The fourth-order valence-electron chi connectivity index (χ4n) is 1.20. The zero-order valence-corrected chi connectivity index (χ0v) is 9.45. The van der Waals surface area contributed by atoms with Crippen LogP contribution in [0.15, 0.2) is 30.3 Å². The second-order valence-corrected chi connectivity index (χ2v) is 3.78. The SMILES string of the molecule is O=C(O)N(c1ccccc1)C(Cl)CCCl. The van der Waals surface area contributed by atoms with E-state index in [1.807, 2.05) is 6.07 Å². The van der Waals surface area contributed by atoms with Crippen LogP contribution in [0.2, 0.25) is 0 Å². The summed E-state index contributed by atoms with van der Waals surface area (Å²) in [7, 11) is 0. The van der Waals surface area contributed by atoms with Crippen LogP contribution >= 0.6 is 23.2 Å². The van der Waals surface area contributed by atoms with Gasteiger partial charge in [0.2, 0.25) is 0 Å². The summed E-state index contributed by atoms with van der Waals surface area (Å²) in [4.78, 5) is 12.1. The van der Waals surface area contributed by atoms with E-state index in [4.69, 9.17) is 28.3 Å². The molecule has 15 heavy (non-hydrogen) atoms. The van der Waals surface area contributed by atoms with E-state index in [2.05, 4.69) is 0 Å². The van der Waals surface area contributed by atoms with Crippen molar-refractivity contribution in [2.45, 2.75) is 11.9 Å². The quantitative estimate of drug-likeness (QED) is 0.655. The van der Waals surface area contributed by atoms with Crippen molar-refractivity contribution in [1.29, 1.82) is 0 Å². The van der Waals surface area contributed by atoms with E-state index in [1.165, 1.54) is 0 Å². The third-order valence-corrected chi connectivity index (χ3v) is 2.50. The first-order valence-corrected chi connectivity index (χ1v) is 5.41. The first-order valence-electron chi connectivity index (χ1n) is 4.44. The maximum Gasteiger partial charge on any atom is 0.413 e. The summed E-state index contributed by atoms with van der Waals surface area (Å²) in [6.45, 7) is 0. The predicted molar refractivity (Wildman–Crippen MR) is 61.9 cm³/mol. The molecule has 82 valence electrons. The number of rotatable bonds is 4. The topological polar surface area (TPSA) is 40.5 Å². The Balaban J connectivity index is 2.88. The molecule has 0 saturated heterocycles. The molecule has 1 amide bonds. The molecular formula is C10H11Cl2NO2. The van der Waals surface area contributed by atoms with Crippen molar-refractivity contribution < 1.29 is 9.90 Å². The molecular weight excluding hydrogens is 237 g/mol. The Hall–Kier alpha value is -0.930. The van der Waals surface area contributed by atoms with Crippen LogP contribution in [0.4, 0.5) is 10.5 Å². The molecule has 0 aromatic heterocycles. The molecule has 0 spiro atoms. The molecule has 0 aliphatic heterocycles. The van der Waals surface area contributed by atoms with Gasteiger partial charge in [0.25, 0.3) is 0 Å². The van der Waals surface area contributed by atoms with Crippen LogP contribution < -0.4 is 4.90 Å². The number of anilines is 1. The molecule has 0 saturated carbocycles. The van der Waals surface area contributed by atoms with Gasteiger partial charge in [0.05, 0.1) is 0 Å². The Morgan fingerprint density at radius 2 is 2.00 bits per heavy atom. The first kappa shape index (κ1) is 12.1. The van der Waals surface area contributed by atoms with Crippen LogP contribution in [0.5, 0.6) is 0 Å². The van der Waals surface area contributed by atoms with Gasteiger partial charge in [-0.2, -0.15) is 0 Å². The highest BCUT2D eigenvalue weighted by Crippen LogP contribution is 2.21. The number of halogens is 2. The number of hydrogen-bond acceptors (Lipinski definition) is 1. The maximum absolute atomic E-state index is 11.0. The van der Waals surface area contributed by atoms with E-state index in [0.29, 0.717) is 18.0 Å². The Labute approximate surface area is 98.2 Å². The summed E-state index contributed by atoms with van der Waals surface area (Å²) in [5.74, 6) is 0.324. The van der Waals surface area contributed by atoms with E-state index < -0.39 is 11.6 Å². The van der Waals surface area contributed by atoms with Gasteiger partial charge >= 0.3 is 6.09 Å². The minimum Gasteiger partial charge on any atom is -0.465 e. The lowest BCUT2D eigenvalue weighted by molar-refractivity contribution is 0.201. The average molecular weight is 248 g/mol. The third-order valence-electron chi connectivity index (χ3n) is 1.87. The highest BCUT2D eigenvalue weighted by molar-refractivity contribution is 6.25. The number of carbonyl (C=O) groups is 1. The van der Waals surface area contributed by atoms with Crippen molar-refractivity contribution in [3.05, 3.63) is 30.3 Å². The highest BCUT2D eigenvalue weighted by Gasteiger charge is 2.22. The van der Waals surface area contributed by atoms with E-state index in [-0.39, 0.29) is 0 Å². The Kier molecular flexibility index (Phi) is 4.72. The molecule has 5 heteroatoms. The van der Waals surface area contributed by atoms with Crippen molar-refractivity contribution >= 4 is 35.0 Å². The molecule has 0 aliphatic rings. The van der Waals surface area contributed by atoms with Crippen molar-refractivity contribution in [2.24, 2.45) is 0 Å². The van der Waals surface area contributed by atoms with Crippen LogP contribution in [0.1, 0.15) is 6.42 Å². The molecule has 0 aliphatic carbocycles. The summed E-state index contributed by atoms with van der Waals surface area (Å²) < 4.78 is 0. The van der Waals surface area contributed by atoms with Crippen LogP contribution in [0, 0.1) is 0 Å². The highest BCUT2D eigenvalue weighted by atomic mass is 35.5. The first-order chi connectivity index (χ1) is 7.16. The smallest absolute Gasteiger partial charge is 0.413 e. The van der Waals surface area contributed by atoms with Crippen molar-refractivity contribution in [3.63, 3.8) is 0 Å². The molecule has 1 unspecified atom stereocenters. The minimum absolute atomic E-state index is 0.324. The number of nitrogens with zero attached hydrogens (tertiary/aromatic N) is 1. The molecule has 0 heterocycles. The van der Waals surface area contributed by atoms with Crippen LogP contribution in [0.25, 0.3) is 0 Å². The van der Waals surface area contributed by atoms with Gasteiger partial charge in [0.15, 0.2) is 0 Å². The van der Waals surface area contributed by atoms with E-state index in [1.54, 1.807) is 24.3 Å². The van der Waals surface area contributed by atoms with Crippen LogP contribution in [-0.4, -0.2) is 22.6 Å². The van der Waals surface area contributed by atoms with Crippen molar-refractivity contribution in [2.75, 3.05) is 10.8 Å². The van der Waals surface area contributed by atoms with Gasteiger partial charge in [-0.05, 0) is 18.6 Å². The van der Waals surface area contributed by atoms with E-state index >= 15 is 0 Å². The normalized spacial score (nSPS) is 12.1. The Morgan fingerprint density at radius 1 is 1.40 bits per heavy atom. The summed E-state index contributed by atoms with van der Waals surface area (Å²) >= 11 is 11.5. The molecule has 1 rings (SSSR count). The number of benzene rings is 1. The Morgan fingerprint density at radius 3 is 2.47 bits per heavy atom. The van der Waals surface area contributed by atoms with Gasteiger partial charge in [0, 0.05) is 11.6 Å². The molecule has 1 atom stereocenters. The van der Waals surface area contributed by atoms with Gasteiger partial charge < -0.3 is 5.11 Å². The lowest BCUT2D eigenvalue weighted by Gasteiger charge is -2.23. The molecule has 0 radical (unpaired) electrons. The number of amides is 1. The standard InChI is InChI=1S/C10H11Cl2NO2/c11-7-6-9(12)13(10(14)15)8-4-2-1-3-5-8/h1-5,9H,6-7H2,(H,14,15). The third kappa shape index (κ3) is 3.29. The minimum atomic E-state index is -1.08. The summed E-state index contributed by atoms with van der Waals surface area (Å²) in [6.07, 6.45) is -0.670. The maximum atomic E-state index is 11.0. The number of para-hydroxylation sites is 1. The van der Waals surface area contributed by atoms with Gasteiger partial charge in [-0.25, -0.2) is 4.79 Å². The van der Waals surface area contributed by atoms with Crippen LogP contribution in [-0.2, 0) is 0 Å². The second kappa shape index (κ2) is 5.83. The molecule has 1 aromatic rings. The lowest BCUT2D eigenvalue weighted by Crippen LogP contribution is -2.36. The van der Waals surface area contributed by atoms with Crippen LogP contribution in [0.3, 0.4) is 0 Å². The fraction of sp³-hybridized carbons (Fsp3) is 0.300. The molecule has 0 bridgehead atoms. The molecule has 0 fully saturated rings. The van der Waals surface area contributed by atoms with E-state index in [0.717, 1.165) is 4.90 Å². The largest absolute Gasteiger partial charge is 0.465 e. The molecule has 1 aromatic carbocycles. The molecule has 1 N–H and O–H groups in total. The summed E-state index contributed by atoms with van der Waals surface area (Å²) in [5, 5.41) is 9.02.